The topological polar surface area (TPSA) is 76.6 Å². The number of pyridine rings is 2. The van der Waals surface area contributed by atoms with Crippen molar-refractivity contribution in [3.05, 3.63) is 83.4 Å². The number of piperidine rings is 1. The molecule has 0 aliphatic carbocycles. The van der Waals surface area contributed by atoms with Crippen LogP contribution in [0.25, 0.3) is 16.7 Å². The van der Waals surface area contributed by atoms with E-state index in [2.05, 4.69) is 93.5 Å². The molecule has 0 spiro atoms. The molecular formula is C37H49N7O. The quantitative estimate of drug-likeness (QED) is 0.370. The lowest BCUT2D eigenvalue weighted by Gasteiger charge is -2.32. The second-order valence-corrected chi connectivity index (χ2v) is 13.6. The smallest absolute Gasteiger partial charge is 0.255 e. The van der Waals surface area contributed by atoms with E-state index in [-0.39, 0.29) is 17.9 Å². The number of likely N-dealkylation sites (tertiary alicyclic amines) is 1. The molecule has 45 heavy (non-hydrogen) atoms. The summed E-state index contributed by atoms with van der Waals surface area (Å²) in [5.74, 6) is 0.932. The number of benzene rings is 1. The van der Waals surface area contributed by atoms with Crippen LogP contribution in [0.4, 0.5) is 5.69 Å². The Bertz CT molecular complexity index is 1500. The van der Waals surface area contributed by atoms with Crippen LogP contribution in [0.5, 0.6) is 0 Å². The highest BCUT2D eigenvalue weighted by Gasteiger charge is 2.24. The first-order chi connectivity index (χ1) is 21.8. The van der Waals surface area contributed by atoms with Crippen LogP contribution in [0.15, 0.2) is 61.1 Å². The number of piperazine rings is 1. The number of likely N-dealkylation sites (N-methyl/N-ethyl adjacent to an activating group) is 1. The van der Waals surface area contributed by atoms with E-state index in [1.54, 1.807) is 6.20 Å². The van der Waals surface area contributed by atoms with Crippen LogP contribution in [0.2, 0.25) is 0 Å². The number of hydrogen-bond donors (Lipinski definition) is 2. The summed E-state index contributed by atoms with van der Waals surface area (Å²) in [5, 5.41) is 6.88. The lowest BCUT2D eigenvalue weighted by Crippen LogP contribution is -2.44. The third kappa shape index (κ3) is 8.05. The van der Waals surface area contributed by atoms with Crippen LogP contribution >= 0.6 is 0 Å². The molecular weight excluding hydrogens is 558 g/mol. The number of nitrogens with zero attached hydrogens (tertiary/aromatic N) is 5. The summed E-state index contributed by atoms with van der Waals surface area (Å²) in [6, 6.07) is 12.8. The summed E-state index contributed by atoms with van der Waals surface area (Å²) >= 11 is 0. The number of hydrogen-bond acceptors (Lipinski definition) is 7. The van der Waals surface area contributed by atoms with E-state index in [9.17, 15) is 4.79 Å². The van der Waals surface area contributed by atoms with E-state index >= 15 is 0 Å². The van der Waals surface area contributed by atoms with Crippen molar-refractivity contribution in [1.82, 2.24) is 30.0 Å². The number of amides is 1. The van der Waals surface area contributed by atoms with Gasteiger partial charge in [0.1, 0.15) is 0 Å². The summed E-state index contributed by atoms with van der Waals surface area (Å²) in [4.78, 5) is 30.6. The van der Waals surface area contributed by atoms with Crippen LogP contribution in [0.1, 0.15) is 62.0 Å². The molecule has 2 unspecified atom stereocenters. The minimum absolute atomic E-state index is 0.0858. The first-order valence-electron chi connectivity index (χ1n) is 16.7. The third-order valence-corrected chi connectivity index (χ3v) is 9.72. The number of fused-ring (bicyclic) bond motifs is 1. The number of carbonyl (C=O) groups is 1. The van der Waals surface area contributed by atoms with Gasteiger partial charge in [0.25, 0.3) is 5.91 Å². The molecule has 3 aromatic rings. The molecule has 2 atom stereocenters. The summed E-state index contributed by atoms with van der Waals surface area (Å²) in [7, 11) is 2.17. The minimum Gasteiger partial charge on any atom is -0.322 e. The largest absolute Gasteiger partial charge is 0.322 e. The summed E-state index contributed by atoms with van der Waals surface area (Å²) in [5.41, 5.74) is 7.97. The van der Waals surface area contributed by atoms with Gasteiger partial charge in [0.05, 0.1) is 5.69 Å². The van der Waals surface area contributed by atoms with Crippen LogP contribution in [0, 0.1) is 11.8 Å². The molecule has 1 aromatic carbocycles. The van der Waals surface area contributed by atoms with Gasteiger partial charge in [-0.3, -0.25) is 24.6 Å². The summed E-state index contributed by atoms with van der Waals surface area (Å²) in [6.45, 7) is 15.7. The average molecular weight is 608 g/mol. The van der Waals surface area contributed by atoms with Crippen molar-refractivity contribution in [2.45, 2.75) is 52.7 Å². The van der Waals surface area contributed by atoms with E-state index in [4.69, 9.17) is 0 Å². The van der Waals surface area contributed by atoms with Gasteiger partial charge >= 0.3 is 0 Å². The van der Waals surface area contributed by atoms with Crippen LogP contribution in [-0.4, -0.2) is 83.4 Å². The molecule has 6 rings (SSSR count). The minimum atomic E-state index is -0.0858. The maximum Gasteiger partial charge on any atom is 0.255 e. The first-order valence-corrected chi connectivity index (χ1v) is 16.7. The molecule has 0 saturated carbocycles. The zero-order valence-corrected chi connectivity index (χ0v) is 27.4. The lowest BCUT2D eigenvalue weighted by molar-refractivity contribution is -0.111. The van der Waals surface area contributed by atoms with Crippen molar-refractivity contribution in [2.24, 2.45) is 11.8 Å². The standard InChI is InChI=1S/C37H49N7O/c1-26-8-11-43(12-9-26)24-29-18-31(23-38-22-29)30-5-6-34-28(3)40-21-27(2)17-36(35(34)19-30)37(45)41-32-7-10-39-33(20-32)25-44-15-13-42(4)14-16-44/h5-7,10,17-20,22-23,26-28,40H,8-9,11-16,21,24-25H2,1-4H3,(H,39,41,45). The third-order valence-electron chi connectivity index (χ3n) is 9.72. The molecule has 3 aliphatic rings. The van der Waals surface area contributed by atoms with Gasteiger partial charge in [-0.1, -0.05) is 32.1 Å². The van der Waals surface area contributed by atoms with E-state index < -0.39 is 0 Å². The highest BCUT2D eigenvalue weighted by atomic mass is 16.1. The molecule has 8 nitrogen and oxygen atoms in total. The molecule has 2 saturated heterocycles. The van der Waals surface area contributed by atoms with Gasteiger partial charge in [0, 0.05) is 87.3 Å². The molecule has 2 fully saturated rings. The van der Waals surface area contributed by atoms with Gasteiger partial charge in [0.2, 0.25) is 0 Å². The first kappa shape index (κ1) is 31.5. The monoisotopic (exact) mass is 607 g/mol. The zero-order valence-electron chi connectivity index (χ0n) is 27.4. The number of nitrogens with one attached hydrogen (secondary N) is 2. The highest BCUT2D eigenvalue weighted by Crippen LogP contribution is 2.33. The molecule has 1 amide bonds. The van der Waals surface area contributed by atoms with E-state index in [1.807, 2.05) is 24.5 Å². The molecule has 238 valence electrons. The predicted octanol–water partition coefficient (Wildman–Crippen LogP) is 5.45. The van der Waals surface area contributed by atoms with E-state index in [0.717, 1.165) is 104 Å². The normalized spacial score (nSPS) is 22.3. The van der Waals surface area contributed by atoms with Crippen LogP contribution in [0.3, 0.4) is 0 Å². The van der Waals surface area contributed by atoms with Gasteiger partial charge in [-0.15, -0.1) is 0 Å². The highest BCUT2D eigenvalue weighted by molar-refractivity contribution is 6.25. The van der Waals surface area contributed by atoms with Crippen molar-refractivity contribution in [1.29, 1.82) is 0 Å². The van der Waals surface area contributed by atoms with Gasteiger partial charge in [-0.25, -0.2) is 0 Å². The van der Waals surface area contributed by atoms with Crippen LogP contribution in [-0.2, 0) is 17.9 Å². The Balaban J connectivity index is 1.25. The fourth-order valence-corrected chi connectivity index (χ4v) is 6.74. The Morgan fingerprint density at radius 3 is 2.49 bits per heavy atom. The van der Waals surface area contributed by atoms with Gasteiger partial charge in [-0.2, -0.15) is 0 Å². The molecule has 2 N–H and O–H groups in total. The Morgan fingerprint density at radius 1 is 0.911 bits per heavy atom. The Morgan fingerprint density at radius 2 is 1.69 bits per heavy atom. The van der Waals surface area contributed by atoms with Crippen LogP contribution < -0.4 is 10.6 Å². The molecule has 8 heteroatoms. The number of aromatic nitrogens is 2. The zero-order chi connectivity index (χ0) is 31.3. The second kappa shape index (κ2) is 14.3. The number of carbonyl (C=O) groups excluding carboxylic acids is 1. The van der Waals surface area contributed by atoms with Gasteiger partial charge < -0.3 is 15.5 Å². The maximum absolute atomic E-state index is 14.1. The number of anilines is 1. The Labute approximate surface area is 268 Å². The van der Waals surface area contributed by atoms with Crippen molar-refractivity contribution in [2.75, 3.05) is 58.2 Å². The summed E-state index contributed by atoms with van der Waals surface area (Å²) in [6.07, 6.45) is 10.4. The van der Waals surface area contributed by atoms with E-state index in [0.29, 0.717) is 0 Å². The second-order valence-electron chi connectivity index (χ2n) is 13.6. The molecule has 2 aromatic heterocycles. The molecule has 0 bridgehead atoms. The fourth-order valence-electron chi connectivity index (χ4n) is 6.74. The Hall–Kier alpha value is -3.43. The predicted molar refractivity (Wildman–Crippen MR) is 183 cm³/mol. The number of rotatable bonds is 7. The van der Waals surface area contributed by atoms with Gasteiger partial charge in [-0.05, 0) is 98.3 Å². The molecule has 3 aliphatic heterocycles. The molecule has 5 heterocycles. The Kier molecular flexibility index (Phi) is 10.0. The SMILES string of the molecule is CC1C=C(C(=O)Nc2ccnc(CN3CCN(C)CC3)c2)c2cc(-c3cncc(CN4CCC(C)CC4)c3)ccc2C(C)NC1. The van der Waals surface area contributed by atoms with Crippen molar-refractivity contribution in [3.8, 4) is 11.1 Å². The lowest BCUT2D eigenvalue weighted by atomic mass is 9.88. The van der Waals surface area contributed by atoms with Gasteiger partial charge in [0.15, 0.2) is 0 Å². The van der Waals surface area contributed by atoms with Crippen molar-refractivity contribution in [3.63, 3.8) is 0 Å². The summed E-state index contributed by atoms with van der Waals surface area (Å²) < 4.78 is 0. The maximum atomic E-state index is 14.1. The van der Waals surface area contributed by atoms with Crippen molar-refractivity contribution >= 4 is 17.2 Å². The van der Waals surface area contributed by atoms with E-state index in [1.165, 1.54) is 18.4 Å². The average Bonchev–Trinajstić information content (AvgIpc) is 3.04. The molecule has 0 radical (unpaired) electrons. The van der Waals surface area contributed by atoms with Crippen molar-refractivity contribution < 1.29 is 4.79 Å². The fraction of sp³-hybridized carbons (Fsp3) is 0.486.